The molecule has 0 heterocycles. The number of aliphatic carboxylic acids is 1. The van der Waals surface area contributed by atoms with Crippen molar-refractivity contribution in [2.75, 3.05) is 13.2 Å². The zero-order chi connectivity index (χ0) is 22.7. The molecular weight excluding hydrogens is 408 g/mol. The topological polar surface area (TPSA) is 95.9 Å². The number of rotatable bonds is 8. The molecule has 0 aromatic heterocycles. The molecule has 0 radical (unpaired) electrons. The molecule has 1 saturated carbocycles. The Morgan fingerprint density at radius 1 is 1.09 bits per heavy atom. The molecule has 0 bridgehead atoms. The van der Waals surface area contributed by atoms with Gasteiger partial charge in [-0.3, -0.25) is 9.59 Å². The lowest BCUT2D eigenvalue weighted by molar-refractivity contribution is -0.145. The number of alkyl carbamates (subject to hydrolysis) is 1. The first-order valence-electron chi connectivity index (χ1n) is 10.6. The third-order valence-corrected chi connectivity index (χ3v) is 5.83. The minimum Gasteiger partial charge on any atom is -0.480 e. The molecule has 0 aliphatic heterocycles. The van der Waals surface area contributed by atoms with E-state index in [4.69, 9.17) is 16.3 Å². The zero-order valence-electron chi connectivity index (χ0n) is 17.5. The van der Waals surface area contributed by atoms with Crippen LogP contribution in [0.1, 0.15) is 36.3 Å². The lowest BCUT2D eigenvalue weighted by Gasteiger charge is -2.25. The largest absolute Gasteiger partial charge is 0.480 e. The summed E-state index contributed by atoms with van der Waals surface area (Å²) in [6.07, 6.45) is 6.06. The summed E-state index contributed by atoms with van der Waals surface area (Å²) in [6.45, 7) is -0.310. The van der Waals surface area contributed by atoms with Gasteiger partial charge < -0.3 is 20.1 Å². The number of benzene rings is 2. The van der Waals surface area contributed by atoms with Crippen molar-refractivity contribution in [3.63, 3.8) is 0 Å². The van der Waals surface area contributed by atoms with E-state index >= 15 is 0 Å². The van der Waals surface area contributed by atoms with Crippen molar-refractivity contribution >= 4 is 18.0 Å². The van der Waals surface area contributed by atoms with Crippen LogP contribution in [-0.4, -0.2) is 53.2 Å². The number of ether oxygens (including phenoxy) is 1. The maximum Gasteiger partial charge on any atom is 0.407 e. The summed E-state index contributed by atoms with van der Waals surface area (Å²) in [5.74, 6) is 0.669. The number of hydrogen-bond donors (Lipinski definition) is 2. The molecular formula is C25H24N2O5. The van der Waals surface area contributed by atoms with E-state index in [-0.39, 0.29) is 25.0 Å². The molecule has 0 saturated heterocycles. The predicted octanol–water partition coefficient (Wildman–Crippen LogP) is 2.99. The maximum atomic E-state index is 12.9. The van der Waals surface area contributed by atoms with Crippen LogP contribution in [0.5, 0.6) is 0 Å². The molecule has 164 valence electrons. The number of hydrogen-bond acceptors (Lipinski definition) is 4. The highest BCUT2D eigenvalue weighted by Gasteiger charge is 2.37. The molecule has 7 nitrogen and oxygen atoms in total. The Balaban J connectivity index is 1.43. The summed E-state index contributed by atoms with van der Waals surface area (Å²) in [5.41, 5.74) is 4.40. The van der Waals surface area contributed by atoms with Crippen molar-refractivity contribution in [1.29, 1.82) is 0 Å². The first-order chi connectivity index (χ1) is 15.5. The molecule has 1 unspecified atom stereocenters. The van der Waals surface area contributed by atoms with Gasteiger partial charge in [0.2, 0.25) is 5.91 Å². The van der Waals surface area contributed by atoms with Gasteiger partial charge in [-0.2, -0.15) is 0 Å². The van der Waals surface area contributed by atoms with Crippen molar-refractivity contribution in [1.82, 2.24) is 10.2 Å². The molecule has 2 aromatic rings. The van der Waals surface area contributed by atoms with E-state index in [1.807, 2.05) is 48.5 Å². The minimum atomic E-state index is -1.11. The number of nitrogens with one attached hydrogen (secondary N) is 1. The van der Waals surface area contributed by atoms with E-state index in [1.165, 1.54) is 4.90 Å². The fourth-order valence-corrected chi connectivity index (χ4v) is 4.22. The summed E-state index contributed by atoms with van der Waals surface area (Å²) < 4.78 is 5.50. The van der Waals surface area contributed by atoms with Crippen molar-refractivity contribution in [2.45, 2.75) is 37.3 Å². The third-order valence-electron chi connectivity index (χ3n) is 5.83. The minimum absolute atomic E-state index is 0.0497. The van der Waals surface area contributed by atoms with Crippen LogP contribution in [0.2, 0.25) is 0 Å². The fraction of sp³-hybridized carbons (Fsp3) is 0.320. The van der Waals surface area contributed by atoms with Crippen LogP contribution in [0.15, 0.2) is 48.5 Å². The molecule has 2 aromatic carbocycles. The number of amides is 2. The van der Waals surface area contributed by atoms with E-state index in [9.17, 15) is 14.4 Å². The molecule has 2 amide bonds. The molecule has 7 heteroatoms. The number of fused-ring (bicyclic) bond motifs is 3. The van der Waals surface area contributed by atoms with Crippen molar-refractivity contribution in [2.24, 2.45) is 0 Å². The SMILES string of the molecule is C#CCC(NC(=O)OCC1c2ccccc2-c2ccccc21)C(=O)N(CC(=O)O)C1CC1. The van der Waals surface area contributed by atoms with Crippen LogP contribution in [0, 0.1) is 12.3 Å². The normalized spacial score (nSPS) is 15.1. The van der Waals surface area contributed by atoms with Crippen LogP contribution in [0.3, 0.4) is 0 Å². The van der Waals surface area contributed by atoms with Crippen LogP contribution in [0.4, 0.5) is 4.79 Å². The Bertz CT molecular complexity index is 1040. The van der Waals surface area contributed by atoms with E-state index in [2.05, 4.69) is 11.2 Å². The summed E-state index contributed by atoms with van der Waals surface area (Å²) in [4.78, 5) is 37.9. The van der Waals surface area contributed by atoms with Crippen molar-refractivity contribution in [3.8, 4) is 23.5 Å². The Morgan fingerprint density at radius 3 is 2.22 bits per heavy atom. The number of carboxylic acid groups (broad SMARTS) is 1. The van der Waals surface area contributed by atoms with Crippen molar-refractivity contribution < 1.29 is 24.2 Å². The molecule has 2 aliphatic rings. The summed E-state index contributed by atoms with van der Waals surface area (Å²) in [5, 5.41) is 11.7. The van der Waals surface area contributed by atoms with Gasteiger partial charge in [0.25, 0.3) is 0 Å². The highest BCUT2D eigenvalue weighted by molar-refractivity contribution is 5.89. The standard InChI is InChI=1S/C25H24N2O5/c1-2-7-22(24(30)27(14-23(28)29)16-12-13-16)26-25(31)32-15-21-19-10-5-3-8-17(19)18-9-4-6-11-20(18)21/h1,3-6,8-11,16,21-22H,7,12-15H2,(H,26,31)(H,28,29). The number of carbonyl (C=O) groups excluding carboxylic acids is 2. The van der Waals surface area contributed by atoms with Crippen LogP contribution >= 0.6 is 0 Å². The van der Waals surface area contributed by atoms with E-state index in [1.54, 1.807) is 0 Å². The van der Waals surface area contributed by atoms with Crippen LogP contribution in [0.25, 0.3) is 11.1 Å². The third kappa shape index (κ3) is 4.45. The average molecular weight is 432 g/mol. The lowest BCUT2D eigenvalue weighted by Crippen LogP contribution is -2.50. The van der Waals surface area contributed by atoms with Crippen LogP contribution in [-0.2, 0) is 14.3 Å². The predicted molar refractivity (Wildman–Crippen MR) is 118 cm³/mol. The molecule has 4 rings (SSSR count). The Hall–Kier alpha value is -3.79. The molecule has 1 atom stereocenters. The van der Waals surface area contributed by atoms with Gasteiger partial charge in [0, 0.05) is 18.4 Å². The second-order valence-corrected chi connectivity index (χ2v) is 8.02. The average Bonchev–Trinajstić information content (AvgIpc) is 3.58. The zero-order valence-corrected chi connectivity index (χ0v) is 17.5. The number of carbonyl (C=O) groups is 3. The number of nitrogens with zero attached hydrogens (tertiary/aromatic N) is 1. The maximum absolute atomic E-state index is 12.9. The van der Waals surface area contributed by atoms with Gasteiger partial charge in [-0.1, -0.05) is 48.5 Å². The Kier molecular flexibility index (Phi) is 6.13. The second-order valence-electron chi connectivity index (χ2n) is 8.02. The molecule has 32 heavy (non-hydrogen) atoms. The summed E-state index contributed by atoms with van der Waals surface area (Å²) in [6, 6.07) is 14.8. The smallest absolute Gasteiger partial charge is 0.407 e. The molecule has 2 N–H and O–H groups in total. The first-order valence-corrected chi connectivity index (χ1v) is 10.6. The Labute approximate surface area is 186 Å². The van der Waals surface area contributed by atoms with E-state index in [0.717, 1.165) is 35.1 Å². The first kappa shape index (κ1) is 21.4. The van der Waals surface area contributed by atoms with Gasteiger partial charge in [0.05, 0.1) is 0 Å². The lowest BCUT2D eigenvalue weighted by atomic mass is 9.98. The molecule has 1 fully saturated rings. The van der Waals surface area contributed by atoms with Gasteiger partial charge in [-0.15, -0.1) is 12.3 Å². The van der Waals surface area contributed by atoms with E-state index in [0.29, 0.717) is 0 Å². The van der Waals surface area contributed by atoms with Gasteiger partial charge in [0.15, 0.2) is 0 Å². The highest BCUT2D eigenvalue weighted by atomic mass is 16.5. The van der Waals surface area contributed by atoms with E-state index < -0.39 is 30.6 Å². The second kappa shape index (κ2) is 9.15. The summed E-state index contributed by atoms with van der Waals surface area (Å²) >= 11 is 0. The van der Waals surface area contributed by atoms with Gasteiger partial charge >= 0.3 is 12.1 Å². The number of carboxylic acids is 1. The van der Waals surface area contributed by atoms with Gasteiger partial charge in [-0.05, 0) is 35.1 Å². The van der Waals surface area contributed by atoms with Crippen molar-refractivity contribution in [3.05, 3.63) is 59.7 Å². The number of terminal acetylenes is 1. The van der Waals surface area contributed by atoms with Crippen LogP contribution < -0.4 is 5.32 Å². The van der Waals surface area contributed by atoms with Gasteiger partial charge in [0.1, 0.15) is 19.2 Å². The quantitative estimate of drug-likeness (QED) is 0.626. The van der Waals surface area contributed by atoms with Gasteiger partial charge in [-0.25, -0.2) is 4.79 Å². The monoisotopic (exact) mass is 432 g/mol. The Morgan fingerprint density at radius 2 is 1.69 bits per heavy atom. The molecule has 0 spiro atoms. The molecule has 2 aliphatic carbocycles. The summed E-state index contributed by atoms with van der Waals surface area (Å²) in [7, 11) is 0. The fourth-order valence-electron chi connectivity index (χ4n) is 4.22. The highest BCUT2D eigenvalue weighted by Crippen LogP contribution is 2.44.